The van der Waals surface area contributed by atoms with Crippen molar-refractivity contribution >= 4 is 11.8 Å². The van der Waals surface area contributed by atoms with Gasteiger partial charge in [-0.2, -0.15) is 0 Å². The molecule has 0 spiro atoms. The van der Waals surface area contributed by atoms with Gasteiger partial charge in [0.2, 0.25) is 11.8 Å². The number of anilines is 1. The number of ether oxygens (including phenoxy) is 2. The first-order valence-electron chi connectivity index (χ1n) is 7.92. The molecule has 0 aliphatic heterocycles. The quantitative estimate of drug-likeness (QED) is 0.800. The maximum absolute atomic E-state index is 11.4. The molecule has 0 saturated carbocycles. The molecule has 0 bridgehead atoms. The number of hydrogen-bond donors (Lipinski definition) is 1. The van der Waals surface area contributed by atoms with Crippen molar-refractivity contribution in [2.45, 2.75) is 39.2 Å². The first kappa shape index (κ1) is 18.0. The van der Waals surface area contributed by atoms with Crippen LogP contribution in [0.2, 0.25) is 0 Å². The summed E-state index contributed by atoms with van der Waals surface area (Å²) in [5.41, 5.74) is 1.48. The minimum absolute atomic E-state index is 0.105. The van der Waals surface area contributed by atoms with Crippen LogP contribution >= 0.6 is 0 Å². The van der Waals surface area contributed by atoms with Crippen molar-refractivity contribution in [3.63, 3.8) is 0 Å². The Morgan fingerprint density at radius 2 is 2.00 bits per heavy atom. The smallest absolute Gasteiger partial charge is 0.231 e. The lowest BCUT2D eigenvalue weighted by molar-refractivity contribution is -0.116. The molecule has 24 heavy (non-hydrogen) atoms. The molecule has 2 rings (SSSR count). The van der Waals surface area contributed by atoms with Gasteiger partial charge in [-0.1, -0.05) is 38.1 Å². The minimum atomic E-state index is -0.328. The lowest BCUT2D eigenvalue weighted by atomic mass is 9.90. The number of rotatable bonds is 8. The van der Waals surface area contributed by atoms with Crippen molar-refractivity contribution in [3.05, 3.63) is 41.6 Å². The highest BCUT2D eigenvalue weighted by atomic mass is 16.5. The van der Waals surface area contributed by atoms with Gasteiger partial charge in [0, 0.05) is 17.9 Å². The maximum Gasteiger partial charge on any atom is 0.231 e. The first-order valence-corrected chi connectivity index (χ1v) is 7.92. The Morgan fingerprint density at radius 1 is 1.29 bits per heavy atom. The van der Waals surface area contributed by atoms with Gasteiger partial charge in [-0.15, -0.1) is 0 Å². The van der Waals surface area contributed by atoms with E-state index in [1.165, 1.54) is 0 Å². The molecule has 1 N–H and O–H groups in total. The number of amides is 1. The molecule has 0 aliphatic rings. The van der Waals surface area contributed by atoms with Gasteiger partial charge < -0.3 is 14.0 Å². The van der Waals surface area contributed by atoms with Crippen molar-refractivity contribution in [1.82, 2.24) is 5.16 Å². The number of hydrogen-bond acceptors (Lipinski definition) is 5. The standard InChI is InChI=1S/C18H24N2O4/c1-5-16(21)19-17-10-15(20-24-17)18(2,3)12-23-11-13-6-8-14(22-4)9-7-13/h6-10H,5,11-12H2,1-4H3,(H,19,21). The molecule has 1 amide bonds. The van der Waals surface area contributed by atoms with Crippen LogP contribution in [-0.2, 0) is 21.6 Å². The van der Waals surface area contributed by atoms with Crippen LogP contribution < -0.4 is 10.1 Å². The van der Waals surface area contributed by atoms with Crippen LogP contribution in [0.3, 0.4) is 0 Å². The van der Waals surface area contributed by atoms with Crippen molar-refractivity contribution in [2.75, 3.05) is 19.0 Å². The zero-order valence-electron chi connectivity index (χ0n) is 14.6. The van der Waals surface area contributed by atoms with E-state index in [0.717, 1.165) is 17.0 Å². The molecule has 2 aromatic rings. The topological polar surface area (TPSA) is 73.6 Å². The Hall–Kier alpha value is -2.34. The third kappa shape index (κ3) is 4.83. The van der Waals surface area contributed by atoms with Crippen LogP contribution in [0.1, 0.15) is 38.4 Å². The number of carbonyl (C=O) groups excluding carboxylic acids is 1. The van der Waals surface area contributed by atoms with Gasteiger partial charge in [0.05, 0.1) is 26.0 Å². The Balaban J connectivity index is 1.89. The van der Waals surface area contributed by atoms with E-state index in [0.29, 0.717) is 25.5 Å². The van der Waals surface area contributed by atoms with Crippen molar-refractivity contribution < 1.29 is 18.8 Å². The second kappa shape index (κ2) is 7.97. The average Bonchev–Trinajstić information content (AvgIpc) is 3.04. The molecule has 0 unspecified atom stereocenters. The normalized spacial score (nSPS) is 11.3. The number of nitrogens with one attached hydrogen (secondary N) is 1. The average molecular weight is 332 g/mol. The summed E-state index contributed by atoms with van der Waals surface area (Å²) in [5, 5.41) is 6.69. The van der Waals surface area contributed by atoms with Gasteiger partial charge in [-0.3, -0.25) is 10.1 Å². The summed E-state index contributed by atoms with van der Waals surface area (Å²) in [4.78, 5) is 11.4. The predicted molar refractivity (Wildman–Crippen MR) is 91.1 cm³/mol. The van der Waals surface area contributed by atoms with Crippen LogP contribution in [0, 0.1) is 0 Å². The van der Waals surface area contributed by atoms with E-state index in [1.54, 1.807) is 20.1 Å². The summed E-state index contributed by atoms with van der Waals surface area (Å²) in [7, 11) is 1.64. The molecule has 130 valence electrons. The molecule has 0 fully saturated rings. The van der Waals surface area contributed by atoms with Gasteiger partial charge >= 0.3 is 0 Å². The Labute approximate surface area is 142 Å². The van der Waals surface area contributed by atoms with Crippen LogP contribution in [0.4, 0.5) is 5.88 Å². The summed E-state index contributed by atoms with van der Waals surface area (Å²) in [5.74, 6) is 1.08. The van der Waals surface area contributed by atoms with Crippen molar-refractivity contribution in [3.8, 4) is 5.75 Å². The maximum atomic E-state index is 11.4. The largest absolute Gasteiger partial charge is 0.497 e. The predicted octanol–water partition coefficient (Wildman–Crippen LogP) is 3.53. The molecule has 1 aromatic carbocycles. The van der Waals surface area contributed by atoms with Gasteiger partial charge in [-0.05, 0) is 17.7 Å². The van der Waals surface area contributed by atoms with Gasteiger partial charge in [0.25, 0.3) is 0 Å². The highest BCUT2D eigenvalue weighted by molar-refractivity contribution is 5.89. The summed E-state index contributed by atoms with van der Waals surface area (Å²) < 4.78 is 16.1. The van der Waals surface area contributed by atoms with Crippen LogP contribution in [0.25, 0.3) is 0 Å². The third-order valence-corrected chi connectivity index (χ3v) is 3.68. The van der Waals surface area contributed by atoms with Gasteiger partial charge in [-0.25, -0.2) is 0 Å². The molecule has 6 heteroatoms. The fraction of sp³-hybridized carbons (Fsp3) is 0.444. The highest BCUT2D eigenvalue weighted by Gasteiger charge is 2.25. The summed E-state index contributed by atoms with van der Waals surface area (Å²) in [6, 6.07) is 9.50. The van der Waals surface area contributed by atoms with E-state index in [4.69, 9.17) is 14.0 Å². The van der Waals surface area contributed by atoms with E-state index < -0.39 is 0 Å². The van der Waals surface area contributed by atoms with E-state index in [2.05, 4.69) is 10.5 Å². The third-order valence-electron chi connectivity index (χ3n) is 3.68. The molecule has 0 atom stereocenters. The fourth-order valence-electron chi connectivity index (χ4n) is 2.10. The monoisotopic (exact) mass is 332 g/mol. The van der Waals surface area contributed by atoms with Gasteiger partial charge in [0.15, 0.2) is 0 Å². The molecular formula is C18H24N2O4. The second-order valence-electron chi connectivity index (χ2n) is 6.20. The van der Waals surface area contributed by atoms with Crippen molar-refractivity contribution in [2.24, 2.45) is 0 Å². The molecule has 1 aromatic heterocycles. The zero-order valence-corrected chi connectivity index (χ0v) is 14.6. The van der Waals surface area contributed by atoms with E-state index in [-0.39, 0.29) is 11.3 Å². The summed E-state index contributed by atoms with van der Waals surface area (Å²) in [6.07, 6.45) is 0.393. The van der Waals surface area contributed by atoms with Crippen molar-refractivity contribution in [1.29, 1.82) is 0 Å². The van der Waals surface area contributed by atoms with Crippen LogP contribution in [-0.4, -0.2) is 24.8 Å². The Bertz CT molecular complexity index is 662. The van der Waals surface area contributed by atoms with Gasteiger partial charge in [0.1, 0.15) is 5.75 Å². The number of benzene rings is 1. The van der Waals surface area contributed by atoms with E-state index in [1.807, 2.05) is 38.1 Å². The number of carbonyl (C=O) groups is 1. The molecule has 1 heterocycles. The number of methoxy groups -OCH3 is 1. The van der Waals surface area contributed by atoms with Crippen LogP contribution in [0.15, 0.2) is 34.9 Å². The van der Waals surface area contributed by atoms with Crippen LogP contribution in [0.5, 0.6) is 5.75 Å². The number of nitrogens with zero attached hydrogens (tertiary/aromatic N) is 1. The lowest BCUT2D eigenvalue weighted by Gasteiger charge is -2.21. The molecule has 0 saturated heterocycles. The Kier molecular flexibility index (Phi) is 5.98. The first-order chi connectivity index (χ1) is 11.4. The SMILES string of the molecule is CCC(=O)Nc1cc(C(C)(C)COCc2ccc(OC)cc2)no1. The number of aromatic nitrogens is 1. The fourth-order valence-corrected chi connectivity index (χ4v) is 2.10. The van der Waals surface area contributed by atoms with E-state index in [9.17, 15) is 4.79 Å². The molecular weight excluding hydrogens is 308 g/mol. The summed E-state index contributed by atoms with van der Waals surface area (Å²) in [6.45, 7) is 6.80. The minimum Gasteiger partial charge on any atom is -0.497 e. The molecule has 0 radical (unpaired) electrons. The zero-order chi connectivity index (χ0) is 17.6. The summed E-state index contributed by atoms with van der Waals surface area (Å²) >= 11 is 0. The Morgan fingerprint density at radius 3 is 2.62 bits per heavy atom. The van der Waals surface area contributed by atoms with E-state index >= 15 is 0 Å². The second-order valence-corrected chi connectivity index (χ2v) is 6.20. The molecule has 0 aliphatic carbocycles. The molecule has 6 nitrogen and oxygen atoms in total. The lowest BCUT2D eigenvalue weighted by Crippen LogP contribution is -2.24. The highest BCUT2D eigenvalue weighted by Crippen LogP contribution is 2.25.